The van der Waals surface area contributed by atoms with Crippen LogP contribution in [0.25, 0.3) is 10.9 Å². The van der Waals surface area contributed by atoms with E-state index in [1.807, 2.05) is 31.2 Å². The summed E-state index contributed by atoms with van der Waals surface area (Å²) in [4.78, 5) is 16.9. The molecule has 0 atom stereocenters. The number of aryl methyl sites for hydroxylation is 1. The summed E-state index contributed by atoms with van der Waals surface area (Å²) >= 11 is 3.19. The normalized spacial score (nSPS) is 10.7. The van der Waals surface area contributed by atoms with Crippen molar-refractivity contribution in [2.45, 2.75) is 6.92 Å². The van der Waals surface area contributed by atoms with Gasteiger partial charge < -0.3 is 5.32 Å². The minimum absolute atomic E-state index is 0.145. The van der Waals surface area contributed by atoms with Crippen LogP contribution in [0.15, 0.2) is 53.0 Å². The Hall–Kier alpha value is -2.27. The molecule has 22 heavy (non-hydrogen) atoms. The van der Waals surface area contributed by atoms with Crippen LogP contribution in [0, 0.1) is 12.7 Å². The van der Waals surface area contributed by atoms with Gasteiger partial charge in [-0.25, -0.2) is 4.39 Å². The van der Waals surface area contributed by atoms with Gasteiger partial charge in [-0.3, -0.25) is 9.78 Å². The van der Waals surface area contributed by atoms with Crippen molar-refractivity contribution in [1.29, 1.82) is 0 Å². The summed E-state index contributed by atoms with van der Waals surface area (Å²) < 4.78 is 14.5. The summed E-state index contributed by atoms with van der Waals surface area (Å²) in [6.45, 7) is 1.82. The maximum atomic E-state index is 13.9. The van der Waals surface area contributed by atoms with Crippen molar-refractivity contribution in [2.75, 3.05) is 5.32 Å². The lowest BCUT2D eigenvalue weighted by molar-refractivity contribution is 0.102. The van der Waals surface area contributed by atoms with Crippen molar-refractivity contribution in [2.24, 2.45) is 0 Å². The second-order valence-electron chi connectivity index (χ2n) is 4.91. The van der Waals surface area contributed by atoms with Crippen LogP contribution in [0.2, 0.25) is 0 Å². The highest BCUT2D eigenvalue weighted by atomic mass is 79.9. The minimum Gasteiger partial charge on any atom is -0.319 e. The lowest BCUT2D eigenvalue weighted by Gasteiger charge is -2.10. The molecule has 0 aliphatic carbocycles. The Bertz CT molecular complexity index is 880. The van der Waals surface area contributed by atoms with Gasteiger partial charge in [0.15, 0.2) is 0 Å². The molecule has 0 spiro atoms. The topological polar surface area (TPSA) is 42.0 Å². The van der Waals surface area contributed by atoms with Crippen LogP contribution in [0.5, 0.6) is 0 Å². The zero-order valence-corrected chi connectivity index (χ0v) is 13.3. The number of carbonyl (C=O) groups is 1. The first-order chi connectivity index (χ1) is 10.5. The summed E-state index contributed by atoms with van der Waals surface area (Å²) in [5.41, 5.74) is 2.10. The van der Waals surface area contributed by atoms with Gasteiger partial charge in [0.25, 0.3) is 5.91 Å². The van der Waals surface area contributed by atoms with Gasteiger partial charge in [0, 0.05) is 15.6 Å². The fourth-order valence-electron chi connectivity index (χ4n) is 2.28. The highest BCUT2D eigenvalue weighted by Crippen LogP contribution is 2.22. The van der Waals surface area contributed by atoms with Crippen LogP contribution in [0.1, 0.15) is 16.1 Å². The summed E-state index contributed by atoms with van der Waals surface area (Å²) in [5, 5.41) is 3.35. The van der Waals surface area contributed by atoms with E-state index in [1.54, 1.807) is 12.1 Å². The molecule has 0 unspecified atom stereocenters. The number of nitrogens with zero attached hydrogens (tertiary/aromatic N) is 1. The Kier molecular flexibility index (Phi) is 3.90. The molecule has 3 aromatic rings. The highest BCUT2D eigenvalue weighted by Gasteiger charge is 2.14. The largest absolute Gasteiger partial charge is 0.319 e. The van der Waals surface area contributed by atoms with Crippen molar-refractivity contribution in [1.82, 2.24) is 4.98 Å². The number of para-hydroxylation sites is 1. The van der Waals surface area contributed by atoms with Gasteiger partial charge in [-0.15, -0.1) is 0 Å². The van der Waals surface area contributed by atoms with E-state index in [0.29, 0.717) is 10.0 Å². The lowest BCUT2D eigenvalue weighted by atomic mass is 10.1. The molecule has 0 fully saturated rings. The monoisotopic (exact) mass is 358 g/mol. The quantitative estimate of drug-likeness (QED) is 0.721. The van der Waals surface area contributed by atoms with Crippen LogP contribution in [-0.4, -0.2) is 10.9 Å². The third-order valence-corrected chi connectivity index (χ3v) is 3.76. The molecule has 1 aromatic heterocycles. The lowest BCUT2D eigenvalue weighted by Crippen LogP contribution is -2.14. The molecule has 110 valence electrons. The Morgan fingerprint density at radius 1 is 1.18 bits per heavy atom. The number of carbonyl (C=O) groups excluding carboxylic acids is 1. The minimum atomic E-state index is -0.488. The zero-order chi connectivity index (χ0) is 15.7. The predicted molar refractivity (Wildman–Crippen MR) is 88.5 cm³/mol. The Morgan fingerprint density at radius 3 is 2.73 bits per heavy atom. The van der Waals surface area contributed by atoms with Gasteiger partial charge in [-0.1, -0.05) is 34.1 Å². The van der Waals surface area contributed by atoms with E-state index in [2.05, 4.69) is 26.2 Å². The number of hydrogen-bond acceptors (Lipinski definition) is 2. The molecule has 0 saturated heterocycles. The molecular weight excluding hydrogens is 347 g/mol. The van der Waals surface area contributed by atoms with Crippen molar-refractivity contribution >= 4 is 38.4 Å². The third-order valence-electron chi connectivity index (χ3n) is 3.27. The second-order valence-corrected chi connectivity index (χ2v) is 5.82. The SMILES string of the molecule is Cc1cc(C(=O)Nc2ccc(Br)cc2F)c2ccccc2n1. The number of pyridine rings is 1. The Labute approximate surface area is 135 Å². The van der Waals surface area contributed by atoms with Gasteiger partial charge >= 0.3 is 0 Å². The standard InChI is InChI=1S/C17H12BrFN2O/c1-10-8-13(12-4-2-3-5-15(12)20-10)17(22)21-16-7-6-11(18)9-14(16)19/h2-9H,1H3,(H,21,22). The highest BCUT2D eigenvalue weighted by molar-refractivity contribution is 9.10. The maximum absolute atomic E-state index is 13.9. The third kappa shape index (κ3) is 2.85. The number of halogens is 2. The van der Waals surface area contributed by atoms with E-state index in [4.69, 9.17) is 0 Å². The first-order valence-corrected chi connectivity index (χ1v) is 7.47. The van der Waals surface area contributed by atoms with E-state index >= 15 is 0 Å². The van der Waals surface area contributed by atoms with Crippen LogP contribution in [-0.2, 0) is 0 Å². The molecule has 0 radical (unpaired) electrons. The molecule has 0 saturated carbocycles. The van der Waals surface area contributed by atoms with Crippen LogP contribution < -0.4 is 5.32 Å². The average Bonchev–Trinajstić information content (AvgIpc) is 2.49. The predicted octanol–water partition coefficient (Wildman–Crippen LogP) is 4.70. The fraction of sp³-hybridized carbons (Fsp3) is 0.0588. The number of anilines is 1. The van der Waals surface area contributed by atoms with Gasteiger partial charge in [0.05, 0.1) is 16.8 Å². The van der Waals surface area contributed by atoms with Crippen LogP contribution in [0.4, 0.5) is 10.1 Å². The van der Waals surface area contributed by atoms with Crippen molar-refractivity contribution < 1.29 is 9.18 Å². The van der Waals surface area contributed by atoms with Gasteiger partial charge in [-0.2, -0.15) is 0 Å². The molecule has 1 heterocycles. The van der Waals surface area contributed by atoms with Crippen molar-refractivity contribution in [3.63, 3.8) is 0 Å². The maximum Gasteiger partial charge on any atom is 0.256 e. The molecule has 0 bridgehead atoms. The summed E-state index contributed by atoms with van der Waals surface area (Å²) in [7, 11) is 0. The molecule has 3 rings (SSSR count). The zero-order valence-electron chi connectivity index (χ0n) is 11.7. The molecule has 0 aliphatic heterocycles. The first kappa shape index (κ1) is 14.7. The molecule has 2 aromatic carbocycles. The Balaban J connectivity index is 2.02. The fourth-order valence-corrected chi connectivity index (χ4v) is 2.61. The van der Waals surface area contributed by atoms with E-state index in [9.17, 15) is 9.18 Å². The van der Waals surface area contributed by atoms with Crippen LogP contribution in [0.3, 0.4) is 0 Å². The summed E-state index contributed by atoms with van der Waals surface area (Å²) in [6, 6.07) is 13.6. The number of benzene rings is 2. The van der Waals surface area contributed by atoms with Crippen molar-refractivity contribution in [3.8, 4) is 0 Å². The smallest absolute Gasteiger partial charge is 0.256 e. The first-order valence-electron chi connectivity index (χ1n) is 6.67. The summed E-state index contributed by atoms with van der Waals surface area (Å²) in [6.07, 6.45) is 0. The molecular formula is C17H12BrFN2O. The number of aromatic nitrogens is 1. The van der Waals surface area contributed by atoms with Crippen molar-refractivity contribution in [3.05, 3.63) is 70.1 Å². The van der Waals surface area contributed by atoms with Crippen LogP contribution >= 0.6 is 15.9 Å². The number of nitrogens with one attached hydrogen (secondary N) is 1. The Morgan fingerprint density at radius 2 is 1.95 bits per heavy atom. The van der Waals surface area contributed by atoms with E-state index in [0.717, 1.165) is 16.6 Å². The number of rotatable bonds is 2. The van der Waals surface area contributed by atoms with E-state index in [-0.39, 0.29) is 11.6 Å². The molecule has 0 aliphatic rings. The van der Waals surface area contributed by atoms with E-state index in [1.165, 1.54) is 12.1 Å². The van der Waals surface area contributed by atoms with E-state index < -0.39 is 5.82 Å². The molecule has 5 heteroatoms. The number of fused-ring (bicyclic) bond motifs is 1. The average molecular weight is 359 g/mol. The van der Waals surface area contributed by atoms with Gasteiger partial charge in [0.2, 0.25) is 0 Å². The van der Waals surface area contributed by atoms with Gasteiger partial charge in [-0.05, 0) is 37.3 Å². The summed E-state index contributed by atoms with van der Waals surface area (Å²) in [5.74, 6) is -0.847. The number of amides is 1. The second kappa shape index (κ2) is 5.85. The number of hydrogen-bond donors (Lipinski definition) is 1. The molecule has 3 nitrogen and oxygen atoms in total. The van der Waals surface area contributed by atoms with Gasteiger partial charge in [0.1, 0.15) is 5.82 Å². The molecule has 1 amide bonds. The molecule has 1 N–H and O–H groups in total.